The molecule has 0 radical (unpaired) electrons. The van der Waals surface area contributed by atoms with E-state index >= 15 is 0 Å². The summed E-state index contributed by atoms with van der Waals surface area (Å²) in [6, 6.07) is 38.8. The molecular weight excluding hydrogens is 442 g/mol. The fourth-order valence-corrected chi connectivity index (χ4v) is 6.32. The van der Waals surface area contributed by atoms with Crippen LogP contribution in [0.4, 0.5) is 0 Å². The third-order valence-electron chi connectivity index (χ3n) is 6.46. The summed E-state index contributed by atoms with van der Waals surface area (Å²) in [5.41, 5.74) is 5.85. The van der Waals surface area contributed by atoms with Crippen LogP contribution in [0.25, 0.3) is 58.8 Å². The number of aromatic nitrogens is 1. The quantitative estimate of drug-likeness (QED) is 0.242. The normalized spacial score (nSPS) is 11.8. The Balaban J connectivity index is 1.51. The molecule has 0 fully saturated rings. The predicted octanol–water partition coefficient (Wildman–Crippen LogP) is 9.47. The molecule has 7 aromatic rings. The molecule has 0 saturated carbocycles. The molecule has 0 amide bonds. The van der Waals surface area contributed by atoms with E-state index < -0.39 is 0 Å². The Labute approximate surface area is 200 Å². The third-order valence-corrected chi connectivity index (χ3v) is 7.93. The van der Waals surface area contributed by atoms with Crippen LogP contribution in [-0.2, 0) is 0 Å². The first kappa shape index (κ1) is 18.9. The van der Waals surface area contributed by atoms with Crippen LogP contribution < -0.4 is 0 Å². The number of hydrogen-bond donors (Lipinski definition) is 0. The molecule has 3 heteroatoms. The van der Waals surface area contributed by atoms with Crippen molar-refractivity contribution in [3.8, 4) is 16.8 Å². The lowest BCUT2D eigenvalue weighted by atomic mass is 10.0. The fourth-order valence-electron chi connectivity index (χ4n) is 4.97. The Morgan fingerprint density at radius 2 is 1.27 bits per heavy atom. The Morgan fingerprint density at radius 3 is 2.15 bits per heavy atom. The molecule has 7 rings (SSSR count). The highest BCUT2D eigenvalue weighted by molar-refractivity contribution is 7.25. The van der Waals surface area contributed by atoms with E-state index in [2.05, 4.69) is 95.6 Å². The summed E-state index contributed by atoms with van der Waals surface area (Å²) in [5.74, 6) is 0. The van der Waals surface area contributed by atoms with Gasteiger partial charge in [0.2, 0.25) is 0 Å². The third kappa shape index (κ3) is 2.85. The van der Waals surface area contributed by atoms with Gasteiger partial charge in [-0.3, -0.25) is 0 Å². The molecule has 0 aliphatic carbocycles. The maximum absolute atomic E-state index is 6.75. The molecule has 0 aliphatic heterocycles. The number of nitrogens with zero attached hydrogens (tertiary/aromatic N) is 1. The summed E-state index contributed by atoms with van der Waals surface area (Å²) in [6.45, 7) is 0. The fraction of sp³-hybridized carbons (Fsp3) is 0. The van der Waals surface area contributed by atoms with Gasteiger partial charge in [0.15, 0.2) is 0 Å². The molecule has 0 bridgehead atoms. The number of fused-ring (bicyclic) bond motifs is 6. The second kappa shape index (κ2) is 7.21. The van der Waals surface area contributed by atoms with Gasteiger partial charge in [-0.15, -0.1) is 11.3 Å². The van der Waals surface area contributed by atoms with Gasteiger partial charge in [-0.1, -0.05) is 66.2 Å². The van der Waals surface area contributed by atoms with Gasteiger partial charge in [-0.05, 0) is 65.7 Å². The van der Waals surface area contributed by atoms with Gasteiger partial charge < -0.3 is 4.57 Å². The van der Waals surface area contributed by atoms with Crippen molar-refractivity contribution in [2.24, 2.45) is 0 Å². The molecule has 0 spiro atoms. The van der Waals surface area contributed by atoms with Crippen molar-refractivity contribution in [1.82, 2.24) is 4.57 Å². The van der Waals surface area contributed by atoms with Gasteiger partial charge in [0, 0.05) is 36.6 Å². The van der Waals surface area contributed by atoms with Crippen LogP contribution in [0, 0.1) is 0 Å². The summed E-state index contributed by atoms with van der Waals surface area (Å²) < 4.78 is 4.96. The Hall–Kier alpha value is -3.59. The van der Waals surface area contributed by atoms with E-state index in [1.807, 2.05) is 29.5 Å². The molecular formula is C30H18ClNS. The minimum Gasteiger partial charge on any atom is -0.309 e. The zero-order chi connectivity index (χ0) is 21.9. The monoisotopic (exact) mass is 459 g/mol. The maximum Gasteiger partial charge on any atom is 0.0556 e. The second-order valence-corrected chi connectivity index (χ2v) is 9.84. The molecule has 0 N–H and O–H groups in total. The smallest absolute Gasteiger partial charge is 0.0556 e. The van der Waals surface area contributed by atoms with Crippen LogP contribution in [-0.4, -0.2) is 4.57 Å². The average Bonchev–Trinajstić information content (AvgIpc) is 3.40. The lowest BCUT2D eigenvalue weighted by molar-refractivity contribution is 1.18. The first-order valence-corrected chi connectivity index (χ1v) is 12.2. The number of para-hydroxylation sites is 1. The summed E-state index contributed by atoms with van der Waals surface area (Å²) in [7, 11) is 0. The van der Waals surface area contributed by atoms with E-state index in [0.29, 0.717) is 0 Å². The number of hydrogen-bond acceptors (Lipinski definition) is 1. The van der Waals surface area contributed by atoms with Crippen LogP contribution in [0.15, 0.2) is 109 Å². The molecule has 0 aliphatic rings. The Kier molecular flexibility index (Phi) is 4.14. The molecule has 0 unspecified atom stereocenters. The van der Waals surface area contributed by atoms with Crippen LogP contribution in [0.3, 0.4) is 0 Å². The van der Waals surface area contributed by atoms with Crippen molar-refractivity contribution in [3.63, 3.8) is 0 Å². The van der Waals surface area contributed by atoms with Gasteiger partial charge in [-0.2, -0.15) is 0 Å². The molecule has 33 heavy (non-hydrogen) atoms. The maximum atomic E-state index is 6.75. The summed E-state index contributed by atoms with van der Waals surface area (Å²) in [4.78, 5) is 0. The van der Waals surface area contributed by atoms with Crippen molar-refractivity contribution in [2.75, 3.05) is 0 Å². The first-order valence-electron chi connectivity index (χ1n) is 11.0. The number of thiophene rings is 1. The second-order valence-electron chi connectivity index (χ2n) is 8.35. The topological polar surface area (TPSA) is 4.93 Å². The lowest BCUT2D eigenvalue weighted by Gasteiger charge is -2.08. The van der Waals surface area contributed by atoms with Crippen LogP contribution in [0.5, 0.6) is 0 Å². The van der Waals surface area contributed by atoms with Gasteiger partial charge in [-0.25, -0.2) is 0 Å². The van der Waals surface area contributed by atoms with E-state index in [1.54, 1.807) is 0 Å². The molecule has 5 aromatic carbocycles. The Bertz CT molecular complexity index is 1830. The van der Waals surface area contributed by atoms with Crippen molar-refractivity contribution in [2.45, 2.75) is 0 Å². The van der Waals surface area contributed by atoms with Crippen LogP contribution in [0.1, 0.15) is 0 Å². The SMILES string of the molecule is Clc1cccc2c1c1cc(-c3ccc4sc5ccccc5c4c3)ccc1n2-c1ccccc1. The minimum atomic E-state index is 0.781. The van der Waals surface area contributed by atoms with E-state index in [0.717, 1.165) is 27.1 Å². The van der Waals surface area contributed by atoms with Gasteiger partial charge in [0.05, 0.1) is 16.1 Å². The van der Waals surface area contributed by atoms with Crippen molar-refractivity contribution >= 4 is 64.9 Å². The van der Waals surface area contributed by atoms with Gasteiger partial charge >= 0.3 is 0 Å². The highest BCUT2D eigenvalue weighted by Gasteiger charge is 2.15. The molecule has 0 saturated heterocycles. The zero-order valence-corrected chi connectivity index (χ0v) is 19.2. The number of benzene rings is 5. The Morgan fingerprint density at radius 1 is 0.545 bits per heavy atom. The average molecular weight is 460 g/mol. The van der Waals surface area contributed by atoms with E-state index in [1.165, 1.54) is 36.7 Å². The highest BCUT2D eigenvalue weighted by Crippen LogP contribution is 2.40. The van der Waals surface area contributed by atoms with Gasteiger partial charge in [0.1, 0.15) is 0 Å². The largest absolute Gasteiger partial charge is 0.309 e. The molecule has 2 aromatic heterocycles. The summed E-state index contributed by atoms with van der Waals surface area (Å²) in [6.07, 6.45) is 0. The van der Waals surface area contributed by atoms with Crippen molar-refractivity contribution < 1.29 is 0 Å². The molecule has 0 atom stereocenters. The number of halogens is 1. The number of rotatable bonds is 2. The highest BCUT2D eigenvalue weighted by atomic mass is 35.5. The lowest BCUT2D eigenvalue weighted by Crippen LogP contribution is -1.92. The summed E-state index contributed by atoms with van der Waals surface area (Å²) in [5, 5.41) is 5.69. The van der Waals surface area contributed by atoms with E-state index in [9.17, 15) is 0 Å². The minimum absolute atomic E-state index is 0.781. The van der Waals surface area contributed by atoms with Crippen LogP contribution in [0.2, 0.25) is 5.02 Å². The van der Waals surface area contributed by atoms with E-state index in [-0.39, 0.29) is 0 Å². The first-order chi connectivity index (χ1) is 16.3. The molecule has 2 heterocycles. The van der Waals surface area contributed by atoms with Crippen molar-refractivity contribution in [1.29, 1.82) is 0 Å². The van der Waals surface area contributed by atoms with Gasteiger partial charge in [0.25, 0.3) is 0 Å². The predicted molar refractivity (Wildman–Crippen MR) is 144 cm³/mol. The van der Waals surface area contributed by atoms with E-state index in [4.69, 9.17) is 11.6 Å². The van der Waals surface area contributed by atoms with Crippen molar-refractivity contribution in [3.05, 3.63) is 114 Å². The molecule has 1 nitrogen and oxygen atoms in total. The summed E-state index contributed by atoms with van der Waals surface area (Å²) >= 11 is 8.60. The van der Waals surface area contributed by atoms with Crippen LogP contribution >= 0.6 is 22.9 Å². The standard InChI is InChI=1S/C30H18ClNS/c31-25-10-6-11-27-30(25)24-18-19(13-15-26(24)32(27)21-7-2-1-3-8-21)20-14-16-29-23(17-20)22-9-4-5-12-28(22)33-29/h1-18H. The zero-order valence-electron chi connectivity index (χ0n) is 17.6. The molecule has 156 valence electrons.